The van der Waals surface area contributed by atoms with Gasteiger partial charge in [-0.25, -0.2) is 4.39 Å². The number of carbonyl (C=O) groups is 2. The van der Waals surface area contributed by atoms with Crippen molar-refractivity contribution in [2.75, 3.05) is 38.8 Å². The molecule has 1 saturated carbocycles. The molecule has 1 saturated heterocycles. The summed E-state index contributed by atoms with van der Waals surface area (Å²) in [4.78, 5) is 42.8. The maximum Gasteiger partial charge on any atom is 0.319 e. The van der Waals surface area contributed by atoms with Crippen LogP contribution in [0.2, 0.25) is 10.0 Å². The van der Waals surface area contributed by atoms with Gasteiger partial charge in [0, 0.05) is 54.0 Å². The van der Waals surface area contributed by atoms with E-state index in [0.717, 1.165) is 12.8 Å². The number of nitrogens with zero attached hydrogens (tertiary/aromatic N) is 3. The molecule has 1 N–H and O–H groups in total. The number of aromatic nitrogens is 1. The molecule has 2 aromatic carbocycles. The van der Waals surface area contributed by atoms with Gasteiger partial charge < -0.3 is 24.3 Å². The number of halogens is 3. The van der Waals surface area contributed by atoms with Gasteiger partial charge in [-0.2, -0.15) is 0 Å². The first-order chi connectivity index (χ1) is 20.0. The number of piperazine rings is 1. The fourth-order valence-electron chi connectivity index (χ4n) is 5.73. The standard InChI is InChI=1S/C30H33Cl2FN4O5/c1-16-12-35(13-17(2)36(16)15-25(38)41-3)27-24(33)10-21-26(29(27)42-4)37(20-7-8-20)14-22(28(21)39)30(40)34-11-18-5-6-19(31)9-23(18)32/h5-6,9-10,14,16-17,20H,7-8,11-13,15H2,1-4H3,(H,34,40)/t16-,17+. The number of hydrogen-bond donors (Lipinski definition) is 1. The summed E-state index contributed by atoms with van der Waals surface area (Å²) in [6.07, 6.45) is 3.26. The molecule has 2 fully saturated rings. The topological polar surface area (TPSA) is 93.1 Å². The molecule has 1 amide bonds. The Labute approximate surface area is 253 Å². The third kappa shape index (κ3) is 5.80. The minimum absolute atomic E-state index is 0.0484. The van der Waals surface area contributed by atoms with Crippen molar-refractivity contribution in [1.82, 2.24) is 14.8 Å². The minimum Gasteiger partial charge on any atom is -0.492 e. The number of methoxy groups -OCH3 is 2. The van der Waals surface area contributed by atoms with Crippen molar-refractivity contribution in [2.24, 2.45) is 0 Å². The van der Waals surface area contributed by atoms with Crippen molar-refractivity contribution in [3.63, 3.8) is 0 Å². The Morgan fingerprint density at radius 1 is 1.10 bits per heavy atom. The molecular weight excluding hydrogens is 586 g/mol. The Bertz CT molecular complexity index is 1600. The number of amides is 1. The molecule has 0 unspecified atom stereocenters. The average Bonchev–Trinajstić information content (AvgIpc) is 3.79. The van der Waals surface area contributed by atoms with Crippen molar-refractivity contribution < 1.29 is 23.5 Å². The first-order valence-electron chi connectivity index (χ1n) is 13.8. The highest BCUT2D eigenvalue weighted by Crippen LogP contribution is 2.44. The minimum atomic E-state index is -0.620. The summed E-state index contributed by atoms with van der Waals surface area (Å²) in [7, 11) is 2.81. The smallest absolute Gasteiger partial charge is 0.319 e. The molecule has 3 aromatic rings. The van der Waals surface area contributed by atoms with E-state index >= 15 is 4.39 Å². The number of hydrogen-bond acceptors (Lipinski definition) is 7. The fraction of sp³-hybridized carbons (Fsp3) is 0.433. The molecule has 9 nitrogen and oxygen atoms in total. The summed E-state index contributed by atoms with van der Waals surface area (Å²) in [5, 5.41) is 3.69. The van der Waals surface area contributed by atoms with Crippen LogP contribution in [0.5, 0.6) is 5.75 Å². The SMILES string of the molecule is COC(=O)CN1[C@H](C)CN(c2c(F)cc3c(=O)c(C(=O)NCc4ccc(Cl)cc4Cl)cn(C4CC4)c3c2OC)C[C@@H]1C. The van der Waals surface area contributed by atoms with Gasteiger partial charge in [0.1, 0.15) is 11.3 Å². The zero-order valence-corrected chi connectivity index (χ0v) is 25.4. The zero-order chi connectivity index (χ0) is 30.3. The van der Waals surface area contributed by atoms with Crippen molar-refractivity contribution >= 4 is 51.7 Å². The number of nitrogens with one attached hydrogen (secondary N) is 1. The fourth-order valence-corrected chi connectivity index (χ4v) is 6.21. The van der Waals surface area contributed by atoms with Crippen LogP contribution in [0.1, 0.15) is 48.7 Å². The molecule has 0 spiro atoms. The van der Waals surface area contributed by atoms with Gasteiger partial charge in [-0.3, -0.25) is 19.3 Å². The Morgan fingerprint density at radius 2 is 1.79 bits per heavy atom. The highest BCUT2D eigenvalue weighted by Gasteiger charge is 2.36. The number of rotatable bonds is 8. The third-order valence-electron chi connectivity index (χ3n) is 8.00. The van der Waals surface area contributed by atoms with Crippen LogP contribution < -0.4 is 20.4 Å². The first kappa shape index (κ1) is 30.1. The van der Waals surface area contributed by atoms with Gasteiger partial charge in [-0.15, -0.1) is 0 Å². The number of anilines is 1. The van der Waals surface area contributed by atoms with Crippen LogP contribution in [-0.2, 0) is 16.1 Å². The number of ether oxygens (including phenoxy) is 2. The van der Waals surface area contributed by atoms with E-state index in [2.05, 4.69) is 5.32 Å². The molecular formula is C30H33Cl2FN4O5. The lowest BCUT2D eigenvalue weighted by Crippen LogP contribution is -2.58. The second-order valence-electron chi connectivity index (χ2n) is 10.9. The van der Waals surface area contributed by atoms with E-state index < -0.39 is 17.2 Å². The van der Waals surface area contributed by atoms with Crippen LogP contribution in [0.4, 0.5) is 10.1 Å². The first-order valence-corrected chi connectivity index (χ1v) is 14.5. The van der Waals surface area contributed by atoms with Gasteiger partial charge >= 0.3 is 5.97 Å². The summed E-state index contributed by atoms with van der Waals surface area (Å²) in [5.41, 5.74) is 0.674. The van der Waals surface area contributed by atoms with Crippen molar-refractivity contribution in [3.05, 3.63) is 67.7 Å². The summed E-state index contributed by atoms with van der Waals surface area (Å²) in [5.74, 6) is -1.30. The van der Waals surface area contributed by atoms with E-state index in [-0.39, 0.29) is 59.6 Å². The zero-order valence-electron chi connectivity index (χ0n) is 23.9. The summed E-state index contributed by atoms with van der Waals surface area (Å²) in [6.45, 7) is 5.03. The highest BCUT2D eigenvalue weighted by molar-refractivity contribution is 6.35. The van der Waals surface area contributed by atoms with Crippen LogP contribution in [0, 0.1) is 5.82 Å². The van der Waals surface area contributed by atoms with Crippen LogP contribution in [0.25, 0.3) is 10.9 Å². The predicted molar refractivity (Wildman–Crippen MR) is 160 cm³/mol. The van der Waals surface area contributed by atoms with E-state index in [1.807, 2.05) is 28.2 Å². The maximum absolute atomic E-state index is 16.0. The quantitative estimate of drug-likeness (QED) is 0.363. The molecule has 42 heavy (non-hydrogen) atoms. The molecule has 224 valence electrons. The van der Waals surface area contributed by atoms with Crippen molar-refractivity contribution in [1.29, 1.82) is 0 Å². The largest absolute Gasteiger partial charge is 0.492 e. The lowest BCUT2D eigenvalue weighted by atomic mass is 10.0. The lowest BCUT2D eigenvalue weighted by Gasteiger charge is -2.45. The van der Waals surface area contributed by atoms with E-state index in [1.165, 1.54) is 20.3 Å². The summed E-state index contributed by atoms with van der Waals surface area (Å²) < 4.78 is 28.5. The second kappa shape index (κ2) is 12.1. The van der Waals surface area contributed by atoms with E-state index in [1.54, 1.807) is 24.4 Å². The Balaban J connectivity index is 1.53. The molecule has 2 aliphatic rings. The van der Waals surface area contributed by atoms with Gasteiger partial charge in [0.05, 0.1) is 31.7 Å². The van der Waals surface area contributed by atoms with Crippen molar-refractivity contribution in [2.45, 2.75) is 51.4 Å². The van der Waals surface area contributed by atoms with Gasteiger partial charge in [-0.1, -0.05) is 29.3 Å². The Hall–Kier alpha value is -3.34. The molecule has 12 heteroatoms. The second-order valence-corrected chi connectivity index (χ2v) is 11.8. The van der Waals surface area contributed by atoms with Gasteiger partial charge in [0.2, 0.25) is 5.43 Å². The van der Waals surface area contributed by atoms with Gasteiger partial charge in [0.25, 0.3) is 5.91 Å². The van der Waals surface area contributed by atoms with Gasteiger partial charge in [-0.05, 0) is 50.5 Å². The van der Waals surface area contributed by atoms with Gasteiger partial charge in [0.15, 0.2) is 11.6 Å². The highest BCUT2D eigenvalue weighted by atomic mass is 35.5. The molecule has 0 radical (unpaired) electrons. The van der Waals surface area contributed by atoms with E-state index in [4.69, 9.17) is 32.7 Å². The summed E-state index contributed by atoms with van der Waals surface area (Å²) in [6, 6.07) is 6.03. The number of pyridine rings is 1. The molecule has 2 atom stereocenters. The normalized spacial score (nSPS) is 19.2. The number of carbonyl (C=O) groups excluding carboxylic acids is 2. The Morgan fingerprint density at radius 3 is 2.38 bits per heavy atom. The summed E-state index contributed by atoms with van der Waals surface area (Å²) >= 11 is 12.2. The molecule has 5 rings (SSSR count). The Kier molecular flexibility index (Phi) is 8.68. The molecule has 2 heterocycles. The maximum atomic E-state index is 16.0. The number of esters is 1. The van der Waals surface area contributed by atoms with E-state index in [9.17, 15) is 14.4 Å². The number of fused-ring (bicyclic) bond motifs is 1. The van der Waals surface area contributed by atoms with Crippen molar-refractivity contribution in [3.8, 4) is 5.75 Å². The lowest BCUT2D eigenvalue weighted by molar-refractivity contribution is -0.143. The van der Waals surface area contributed by atoms with E-state index in [0.29, 0.717) is 34.2 Å². The third-order valence-corrected chi connectivity index (χ3v) is 8.59. The molecule has 0 bridgehead atoms. The monoisotopic (exact) mass is 618 g/mol. The molecule has 1 aliphatic heterocycles. The predicted octanol–water partition coefficient (Wildman–Crippen LogP) is 4.79. The molecule has 1 aliphatic carbocycles. The number of benzene rings is 2. The average molecular weight is 620 g/mol. The van der Waals surface area contributed by atoms with Crippen LogP contribution >= 0.6 is 23.2 Å². The van der Waals surface area contributed by atoms with Crippen LogP contribution in [-0.4, -0.2) is 67.3 Å². The van der Waals surface area contributed by atoms with Crippen LogP contribution in [0.15, 0.2) is 35.3 Å². The molecule has 1 aromatic heterocycles. The van der Waals surface area contributed by atoms with Crippen LogP contribution in [0.3, 0.4) is 0 Å².